The largest absolute Gasteiger partial charge is 0.391 e. The smallest absolute Gasteiger partial charge is 0.269 e. The summed E-state index contributed by atoms with van der Waals surface area (Å²) in [4.78, 5) is 12.1. The molecule has 0 fully saturated rings. The van der Waals surface area contributed by atoms with Gasteiger partial charge in [0.15, 0.2) is 0 Å². The molecule has 2 aromatic heterocycles. The van der Waals surface area contributed by atoms with E-state index in [-0.39, 0.29) is 12.5 Å². The second-order valence-electron chi connectivity index (χ2n) is 6.33. The maximum absolute atomic E-state index is 12.1. The van der Waals surface area contributed by atoms with Gasteiger partial charge in [0.05, 0.1) is 17.5 Å². The van der Waals surface area contributed by atoms with Gasteiger partial charge in [-0.3, -0.25) is 14.6 Å². The van der Waals surface area contributed by atoms with Crippen molar-refractivity contribution < 1.29 is 9.90 Å². The van der Waals surface area contributed by atoms with Gasteiger partial charge >= 0.3 is 0 Å². The van der Waals surface area contributed by atoms with Crippen LogP contribution in [0, 0.1) is 19.8 Å². The van der Waals surface area contributed by atoms with E-state index in [4.69, 9.17) is 0 Å². The van der Waals surface area contributed by atoms with E-state index in [1.807, 2.05) is 34.7 Å². The molecule has 0 aliphatic heterocycles. The van der Waals surface area contributed by atoms with Gasteiger partial charge in [-0.25, -0.2) is 0 Å². The molecule has 0 radical (unpaired) electrons. The minimum atomic E-state index is -0.538. The molecule has 1 unspecified atom stereocenters. The van der Waals surface area contributed by atoms with Crippen molar-refractivity contribution in [2.24, 2.45) is 13.0 Å². The summed E-state index contributed by atoms with van der Waals surface area (Å²) in [6.07, 6.45) is 0.118. The van der Waals surface area contributed by atoms with Crippen LogP contribution in [-0.4, -0.2) is 43.6 Å². The lowest BCUT2D eigenvalue weighted by Crippen LogP contribution is -2.33. The molecule has 3 N–H and O–H groups in total. The third kappa shape index (κ3) is 3.98. The average molecular weight is 319 g/mol. The average Bonchev–Trinajstić information content (AvgIpc) is 3.01. The van der Waals surface area contributed by atoms with E-state index >= 15 is 0 Å². The van der Waals surface area contributed by atoms with Crippen molar-refractivity contribution in [3.63, 3.8) is 0 Å². The Kier molecular flexibility index (Phi) is 5.20. The third-order valence-corrected chi connectivity index (χ3v) is 3.83. The molecule has 0 saturated carbocycles. The van der Waals surface area contributed by atoms with Gasteiger partial charge in [0, 0.05) is 24.8 Å². The van der Waals surface area contributed by atoms with Crippen molar-refractivity contribution in [3.8, 4) is 11.3 Å². The number of rotatable bonds is 6. The van der Waals surface area contributed by atoms with Crippen LogP contribution in [0.4, 0.5) is 0 Å². The molecule has 7 heteroatoms. The Hall–Kier alpha value is -2.15. The standard InChI is InChI=1S/C16H25N5O2/c1-9(2)6-12(22)8-17-16(23)14-7-13(18-19-14)15-10(3)20-21(5)11(15)4/h7,9,12,22H,6,8H2,1-5H3,(H,17,23)(H,18,19). The zero-order valence-electron chi connectivity index (χ0n) is 14.3. The Balaban J connectivity index is 2.06. The SMILES string of the molecule is Cc1nn(C)c(C)c1-c1cc(C(=O)NCC(O)CC(C)C)[nH]n1. The minimum absolute atomic E-state index is 0.232. The van der Waals surface area contributed by atoms with Crippen LogP contribution < -0.4 is 5.32 Å². The predicted molar refractivity (Wildman–Crippen MR) is 88.1 cm³/mol. The lowest BCUT2D eigenvalue weighted by Gasteiger charge is -2.13. The highest BCUT2D eigenvalue weighted by molar-refractivity contribution is 5.93. The molecule has 1 atom stereocenters. The summed E-state index contributed by atoms with van der Waals surface area (Å²) in [6.45, 7) is 8.18. The van der Waals surface area contributed by atoms with Gasteiger partial charge in [0.2, 0.25) is 0 Å². The van der Waals surface area contributed by atoms with Crippen molar-refractivity contribution in [2.45, 2.75) is 40.2 Å². The molecule has 0 aliphatic carbocycles. The Labute approximate surface area is 136 Å². The second-order valence-corrected chi connectivity index (χ2v) is 6.33. The van der Waals surface area contributed by atoms with Gasteiger partial charge in [0.1, 0.15) is 5.69 Å². The first-order valence-corrected chi connectivity index (χ1v) is 7.81. The van der Waals surface area contributed by atoms with E-state index in [0.29, 0.717) is 23.7 Å². The van der Waals surface area contributed by atoms with Gasteiger partial charge < -0.3 is 10.4 Å². The Morgan fingerprint density at radius 3 is 2.70 bits per heavy atom. The molecule has 2 rings (SSSR count). The third-order valence-electron chi connectivity index (χ3n) is 3.83. The molecule has 0 aliphatic rings. The van der Waals surface area contributed by atoms with Crippen molar-refractivity contribution in [2.75, 3.05) is 6.54 Å². The van der Waals surface area contributed by atoms with E-state index in [1.165, 1.54) is 0 Å². The first-order chi connectivity index (χ1) is 10.8. The summed E-state index contributed by atoms with van der Waals surface area (Å²) in [6, 6.07) is 1.71. The summed E-state index contributed by atoms with van der Waals surface area (Å²) < 4.78 is 1.79. The fourth-order valence-corrected chi connectivity index (χ4v) is 2.64. The van der Waals surface area contributed by atoms with E-state index in [9.17, 15) is 9.90 Å². The molecule has 0 aromatic carbocycles. The molecule has 0 spiro atoms. The molecule has 0 bridgehead atoms. The number of aliphatic hydroxyl groups is 1. The number of aryl methyl sites for hydroxylation is 2. The van der Waals surface area contributed by atoms with Crippen LogP contribution in [0.15, 0.2) is 6.07 Å². The van der Waals surface area contributed by atoms with Crippen molar-refractivity contribution in [1.82, 2.24) is 25.3 Å². The number of nitrogens with one attached hydrogen (secondary N) is 2. The van der Waals surface area contributed by atoms with Crippen LogP contribution in [-0.2, 0) is 7.05 Å². The maximum atomic E-state index is 12.1. The van der Waals surface area contributed by atoms with Crippen LogP contribution in [0.1, 0.15) is 42.1 Å². The highest BCUT2D eigenvalue weighted by atomic mass is 16.3. The van der Waals surface area contributed by atoms with E-state index in [2.05, 4.69) is 20.6 Å². The Bertz CT molecular complexity index is 687. The lowest BCUT2D eigenvalue weighted by atomic mass is 10.1. The number of amides is 1. The minimum Gasteiger partial charge on any atom is -0.391 e. The molecule has 2 aromatic rings. The fraction of sp³-hybridized carbons (Fsp3) is 0.562. The number of H-pyrrole nitrogens is 1. The highest BCUT2D eigenvalue weighted by Gasteiger charge is 2.17. The van der Waals surface area contributed by atoms with Crippen LogP contribution in [0.3, 0.4) is 0 Å². The Morgan fingerprint density at radius 2 is 2.13 bits per heavy atom. The lowest BCUT2D eigenvalue weighted by molar-refractivity contribution is 0.0895. The molecule has 7 nitrogen and oxygen atoms in total. The predicted octanol–water partition coefficient (Wildman–Crippen LogP) is 1.56. The van der Waals surface area contributed by atoms with Crippen LogP contribution >= 0.6 is 0 Å². The van der Waals surface area contributed by atoms with Gasteiger partial charge in [-0.2, -0.15) is 10.2 Å². The molecule has 1 amide bonds. The Morgan fingerprint density at radius 1 is 1.43 bits per heavy atom. The number of aromatic amines is 1. The molecule has 23 heavy (non-hydrogen) atoms. The normalized spacial score (nSPS) is 12.7. The van der Waals surface area contributed by atoms with Crippen LogP contribution in [0.5, 0.6) is 0 Å². The molecule has 0 saturated heterocycles. The highest BCUT2D eigenvalue weighted by Crippen LogP contribution is 2.25. The van der Waals surface area contributed by atoms with Gasteiger partial charge in [-0.1, -0.05) is 13.8 Å². The van der Waals surface area contributed by atoms with Crippen molar-refractivity contribution in [3.05, 3.63) is 23.1 Å². The summed E-state index contributed by atoms with van der Waals surface area (Å²) >= 11 is 0. The van der Waals surface area contributed by atoms with E-state index in [0.717, 1.165) is 17.0 Å². The second kappa shape index (κ2) is 6.95. The number of aromatic nitrogens is 4. The zero-order chi connectivity index (χ0) is 17.1. The van der Waals surface area contributed by atoms with E-state index < -0.39 is 6.10 Å². The van der Waals surface area contributed by atoms with Gasteiger partial charge in [-0.05, 0) is 32.3 Å². The number of nitrogens with zero attached hydrogens (tertiary/aromatic N) is 3. The number of carbonyl (C=O) groups excluding carboxylic acids is 1. The monoisotopic (exact) mass is 319 g/mol. The number of hydrogen-bond donors (Lipinski definition) is 3. The first-order valence-electron chi connectivity index (χ1n) is 7.81. The fourth-order valence-electron chi connectivity index (χ4n) is 2.64. The zero-order valence-corrected chi connectivity index (χ0v) is 14.3. The van der Waals surface area contributed by atoms with Crippen molar-refractivity contribution in [1.29, 1.82) is 0 Å². The van der Waals surface area contributed by atoms with Gasteiger partial charge in [0.25, 0.3) is 5.91 Å². The van der Waals surface area contributed by atoms with Crippen molar-refractivity contribution >= 4 is 5.91 Å². The summed E-state index contributed by atoms with van der Waals surface area (Å²) in [5.74, 6) is 0.114. The molecular formula is C16H25N5O2. The van der Waals surface area contributed by atoms with Crippen LogP contribution in [0.25, 0.3) is 11.3 Å². The quantitative estimate of drug-likeness (QED) is 0.753. The number of aliphatic hydroxyl groups excluding tert-OH is 1. The molecule has 126 valence electrons. The molecular weight excluding hydrogens is 294 g/mol. The van der Waals surface area contributed by atoms with Gasteiger partial charge in [-0.15, -0.1) is 0 Å². The topological polar surface area (TPSA) is 95.8 Å². The summed E-state index contributed by atoms with van der Waals surface area (Å²) in [5, 5.41) is 23.9. The molecule has 2 heterocycles. The maximum Gasteiger partial charge on any atom is 0.269 e. The van der Waals surface area contributed by atoms with E-state index in [1.54, 1.807) is 10.7 Å². The summed E-state index contributed by atoms with van der Waals surface area (Å²) in [7, 11) is 1.88. The van der Waals surface area contributed by atoms with Crippen LogP contribution in [0.2, 0.25) is 0 Å². The summed E-state index contributed by atoms with van der Waals surface area (Å²) in [5.41, 5.74) is 3.87. The first kappa shape index (κ1) is 17.2. The number of carbonyl (C=O) groups is 1. The number of hydrogen-bond acceptors (Lipinski definition) is 4.